The normalized spacial score (nSPS) is 48.9. The van der Waals surface area contributed by atoms with Gasteiger partial charge in [-0.1, -0.05) is 11.6 Å². The first kappa shape index (κ1) is 7.29. The van der Waals surface area contributed by atoms with Gasteiger partial charge in [-0.05, 0) is 18.5 Å². The second-order valence-electron chi connectivity index (χ2n) is 2.49. The van der Waals surface area contributed by atoms with E-state index in [-0.39, 0.29) is 6.42 Å². The van der Waals surface area contributed by atoms with E-state index in [9.17, 15) is 9.18 Å². The third-order valence-corrected chi connectivity index (χ3v) is 2.66. The molecule has 0 heterocycles. The van der Waals surface area contributed by atoms with Crippen molar-refractivity contribution in [1.82, 2.24) is 0 Å². The molecule has 2 atom stereocenters. The third-order valence-electron chi connectivity index (χ3n) is 1.69. The zero-order valence-electron chi connectivity index (χ0n) is 4.75. The van der Waals surface area contributed by atoms with Crippen LogP contribution in [0.3, 0.4) is 0 Å². The van der Waals surface area contributed by atoms with Gasteiger partial charge < -0.3 is 0 Å². The van der Waals surface area contributed by atoms with E-state index in [1.165, 1.54) is 6.92 Å². The number of hydrogen-bond donors (Lipinski definition) is 0. The summed E-state index contributed by atoms with van der Waals surface area (Å²) in [6.07, 6.45) is 0.0316. The zero-order chi connectivity index (χ0) is 7.28. The Morgan fingerprint density at radius 3 is 2.11 bits per heavy atom. The van der Waals surface area contributed by atoms with Crippen molar-refractivity contribution in [2.45, 2.75) is 18.5 Å². The van der Waals surface area contributed by atoms with Crippen molar-refractivity contribution in [2.24, 2.45) is 5.41 Å². The second-order valence-corrected chi connectivity index (χ2v) is 3.43. The highest BCUT2D eigenvalue weighted by Gasteiger charge is 2.69. The van der Waals surface area contributed by atoms with Crippen LogP contribution in [0.15, 0.2) is 0 Å². The largest absolute Gasteiger partial charge is 0.281 e. The van der Waals surface area contributed by atoms with Gasteiger partial charge in [-0.15, -0.1) is 0 Å². The fourth-order valence-corrected chi connectivity index (χ4v) is 1.23. The Kier molecular flexibility index (Phi) is 1.30. The van der Waals surface area contributed by atoms with Crippen LogP contribution in [-0.2, 0) is 4.79 Å². The van der Waals surface area contributed by atoms with E-state index >= 15 is 0 Å². The summed E-state index contributed by atoms with van der Waals surface area (Å²) in [6.45, 7) is 1.41. The summed E-state index contributed by atoms with van der Waals surface area (Å²) in [5.74, 6) is 0. The molecule has 0 aromatic rings. The fourth-order valence-electron chi connectivity index (χ4n) is 0.613. The van der Waals surface area contributed by atoms with Crippen molar-refractivity contribution in [1.29, 1.82) is 0 Å². The molecule has 0 saturated heterocycles. The molecule has 0 bridgehead atoms. The average molecular weight is 171 g/mol. The molecule has 1 rings (SSSR count). The summed E-state index contributed by atoms with van der Waals surface area (Å²) < 4.78 is 12.6. The Morgan fingerprint density at radius 2 is 2.11 bits per heavy atom. The maximum atomic E-state index is 12.6. The van der Waals surface area contributed by atoms with Crippen LogP contribution in [0.2, 0.25) is 0 Å². The molecule has 1 saturated carbocycles. The Morgan fingerprint density at radius 1 is 1.78 bits per heavy atom. The number of carbonyl (C=O) groups excluding carboxylic acids is 1. The highest BCUT2D eigenvalue weighted by atomic mass is 35.5. The molecule has 9 heavy (non-hydrogen) atoms. The van der Waals surface area contributed by atoms with Crippen LogP contribution in [0.25, 0.3) is 0 Å². The minimum atomic E-state index is -1.88. The highest BCUT2D eigenvalue weighted by Crippen LogP contribution is 2.62. The first-order valence-electron chi connectivity index (χ1n) is 2.48. The molecule has 1 nitrogen and oxygen atoms in total. The van der Waals surface area contributed by atoms with E-state index in [1.54, 1.807) is 0 Å². The maximum Gasteiger partial charge on any atom is 0.232 e. The number of carbonyl (C=O) groups is 1. The molecule has 0 amide bonds. The number of rotatable bonds is 1. The molecule has 0 aliphatic heterocycles. The first-order chi connectivity index (χ1) is 3.90. The van der Waals surface area contributed by atoms with Crippen molar-refractivity contribution in [2.75, 3.05) is 0 Å². The van der Waals surface area contributed by atoms with Crippen molar-refractivity contribution in [3.8, 4) is 0 Å². The van der Waals surface area contributed by atoms with Gasteiger partial charge >= 0.3 is 0 Å². The molecule has 0 aromatic heterocycles. The molecule has 0 spiro atoms. The van der Waals surface area contributed by atoms with E-state index in [4.69, 9.17) is 23.2 Å². The lowest BCUT2D eigenvalue weighted by Gasteiger charge is -2.01. The molecule has 52 valence electrons. The Labute approximate surface area is 62.1 Å². The van der Waals surface area contributed by atoms with Gasteiger partial charge in [0.15, 0.2) is 5.13 Å². The average Bonchev–Trinajstić information content (AvgIpc) is 2.08. The standard InChI is InChI=1S/C5H5Cl2FO/c1-4(3(6)9)2-5(4,7)8/h2H2,1H3. The van der Waals surface area contributed by atoms with E-state index < -0.39 is 15.8 Å². The zero-order valence-corrected chi connectivity index (χ0v) is 6.26. The van der Waals surface area contributed by atoms with Crippen molar-refractivity contribution >= 4 is 28.4 Å². The third kappa shape index (κ3) is 0.849. The minimum absolute atomic E-state index is 0.0316. The van der Waals surface area contributed by atoms with Crippen molar-refractivity contribution in [3.63, 3.8) is 0 Å². The Balaban J connectivity index is 2.74. The van der Waals surface area contributed by atoms with E-state index in [0.29, 0.717) is 0 Å². The Hall–Kier alpha value is 0.180. The predicted octanol–water partition coefficient (Wildman–Crippen LogP) is 2.07. The van der Waals surface area contributed by atoms with Crippen LogP contribution in [0.4, 0.5) is 4.39 Å². The maximum absolute atomic E-state index is 12.6. The molecule has 0 N–H and O–H groups in total. The number of halogens is 3. The molecule has 2 unspecified atom stereocenters. The van der Waals surface area contributed by atoms with Gasteiger partial charge in [0.2, 0.25) is 5.24 Å². The summed E-state index contributed by atoms with van der Waals surface area (Å²) in [7, 11) is 0. The molecule has 0 radical (unpaired) electrons. The minimum Gasteiger partial charge on any atom is -0.281 e. The lowest BCUT2D eigenvalue weighted by atomic mass is 10.2. The summed E-state index contributed by atoms with van der Waals surface area (Å²) in [5, 5.41) is -2.58. The van der Waals surface area contributed by atoms with Gasteiger partial charge in [0.05, 0.1) is 5.41 Å². The van der Waals surface area contributed by atoms with Crippen LogP contribution in [-0.4, -0.2) is 10.4 Å². The number of hydrogen-bond acceptors (Lipinski definition) is 1. The topological polar surface area (TPSA) is 17.1 Å². The molecular weight excluding hydrogens is 166 g/mol. The fraction of sp³-hybridized carbons (Fsp3) is 0.800. The van der Waals surface area contributed by atoms with Gasteiger partial charge in [0.1, 0.15) is 0 Å². The molecular formula is C5H5Cl2FO. The lowest BCUT2D eigenvalue weighted by Crippen LogP contribution is -2.12. The second kappa shape index (κ2) is 1.61. The van der Waals surface area contributed by atoms with Crippen LogP contribution < -0.4 is 0 Å². The quantitative estimate of drug-likeness (QED) is 0.435. The van der Waals surface area contributed by atoms with Gasteiger partial charge in [-0.3, -0.25) is 4.79 Å². The summed E-state index contributed by atoms with van der Waals surface area (Å²) in [6, 6.07) is 0. The summed E-state index contributed by atoms with van der Waals surface area (Å²) in [4.78, 5) is 10.4. The Bertz CT molecular complexity index is 168. The van der Waals surface area contributed by atoms with Gasteiger partial charge in [-0.25, -0.2) is 4.39 Å². The summed E-state index contributed by atoms with van der Waals surface area (Å²) >= 11 is 10.2. The molecule has 1 aliphatic carbocycles. The van der Waals surface area contributed by atoms with Gasteiger partial charge in [0.25, 0.3) is 0 Å². The first-order valence-corrected chi connectivity index (χ1v) is 3.23. The van der Waals surface area contributed by atoms with Crippen LogP contribution in [0.5, 0.6) is 0 Å². The van der Waals surface area contributed by atoms with E-state index in [1.807, 2.05) is 0 Å². The van der Waals surface area contributed by atoms with Crippen LogP contribution >= 0.6 is 23.2 Å². The van der Waals surface area contributed by atoms with Crippen LogP contribution in [0.1, 0.15) is 13.3 Å². The summed E-state index contributed by atoms with van der Waals surface area (Å²) in [5.41, 5.74) is -1.13. The molecule has 4 heteroatoms. The van der Waals surface area contributed by atoms with E-state index in [2.05, 4.69) is 0 Å². The van der Waals surface area contributed by atoms with Crippen LogP contribution in [0, 0.1) is 5.41 Å². The molecule has 0 aromatic carbocycles. The highest BCUT2D eigenvalue weighted by molar-refractivity contribution is 6.66. The monoisotopic (exact) mass is 170 g/mol. The van der Waals surface area contributed by atoms with Crippen molar-refractivity contribution < 1.29 is 9.18 Å². The predicted molar refractivity (Wildman–Crippen MR) is 33.3 cm³/mol. The lowest BCUT2D eigenvalue weighted by molar-refractivity contribution is -0.116. The van der Waals surface area contributed by atoms with Gasteiger partial charge in [-0.2, -0.15) is 0 Å². The number of alkyl halides is 2. The SMILES string of the molecule is CC1(C(=O)Cl)CC1(F)Cl. The van der Waals surface area contributed by atoms with E-state index in [0.717, 1.165) is 0 Å². The molecule has 1 aliphatic rings. The van der Waals surface area contributed by atoms with Crippen molar-refractivity contribution in [3.05, 3.63) is 0 Å². The molecule has 1 fully saturated rings. The van der Waals surface area contributed by atoms with Gasteiger partial charge in [0, 0.05) is 6.42 Å². The smallest absolute Gasteiger partial charge is 0.232 e.